The molecule has 3 rings (SSSR count). The highest BCUT2D eigenvalue weighted by Gasteiger charge is 2.17. The summed E-state index contributed by atoms with van der Waals surface area (Å²) in [7, 11) is 0. The van der Waals surface area contributed by atoms with Gasteiger partial charge in [0.15, 0.2) is 0 Å². The molecule has 0 heterocycles. The van der Waals surface area contributed by atoms with Crippen LogP contribution >= 0.6 is 0 Å². The van der Waals surface area contributed by atoms with Crippen LogP contribution in [0, 0.1) is 11.6 Å². The molecule has 0 aromatic heterocycles. The normalized spacial score (nSPS) is 10.6. The third kappa shape index (κ3) is 5.38. The van der Waals surface area contributed by atoms with Crippen LogP contribution in [-0.2, 0) is 6.42 Å². The van der Waals surface area contributed by atoms with Gasteiger partial charge in [-0.05, 0) is 47.4 Å². The van der Waals surface area contributed by atoms with Crippen LogP contribution in [0.3, 0.4) is 0 Å². The molecule has 138 valence electrons. The van der Waals surface area contributed by atoms with E-state index in [1.165, 1.54) is 24.3 Å². The summed E-state index contributed by atoms with van der Waals surface area (Å²) in [6, 6.07) is 20.8. The molecule has 0 saturated carbocycles. The lowest BCUT2D eigenvalue weighted by molar-refractivity contribution is 0.239. The van der Waals surface area contributed by atoms with Gasteiger partial charge in [0.2, 0.25) is 0 Å². The second-order valence-corrected chi connectivity index (χ2v) is 6.17. The fourth-order valence-corrected chi connectivity index (χ4v) is 2.82. The fraction of sp³-hybridized carbons (Fsp3) is 0.136. The van der Waals surface area contributed by atoms with Crippen molar-refractivity contribution in [3.05, 3.63) is 107 Å². The molecule has 2 amide bonds. The number of amides is 2. The van der Waals surface area contributed by atoms with E-state index in [4.69, 9.17) is 0 Å². The smallest absolute Gasteiger partial charge is 0.315 e. The summed E-state index contributed by atoms with van der Waals surface area (Å²) in [6.07, 6.45) is 0.714. The molecule has 0 bridgehead atoms. The number of rotatable bonds is 6. The summed E-state index contributed by atoms with van der Waals surface area (Å²) in [5, 5.41) is 5.71. The van der Waals surface area contributed by atoms with E-state index in [0.29, 0.717) is 24.1 Å². The minimum Gasteiger partial charge on any atom is -0.338 e. The zero-order valence-electron chi connectivity index (χ0n) is 14.7. The minimum absolute atomic E-state index is 0.343. The molecule has 0 aliphatic carbocycles. The van der Waals surface area contributed by atoms with E-state index in [1.807, 2.05) is 30.3 Å². The van der Waals surface area contributed by atoms with Gasteiger partial charge in [0.25, 0.3) is 0 Å². The van der Waals surface area contributed by atoms with Crippen molar-refractivity contribution in [2.24, 2.45) is 0 Å². The minimum atomic E-state index is -0.511. The highest BCUT2D eigenvalue weighted by atomic mass is 19.1. The Balaban J connectivity index is 1.68. The number of urea groups is 1. The Morgan fingerprint density at radius 3 is 1.81 bits per heavy atom. The van der Waals surface area contributed by atoms with E-state index >= 15 is 0 Å². The molecule has 2 N–H and O–H groups in total. The maximum absolute atomic E-state index is 13.2. The van der Waals surface area contributed by atoms with Crippen LogP contribution in [0.5, 0.6) is 0 Å². The Labute approximate surface area is 157 Å². The molecule has 3 nitrogen and oxygen atoms in total. The average molecular weight is 366 g/mol. The van der Waals surface area contributed by atoms with Crippen LogP contribution < -0.4 is 10.6 Å². The predicted octanol–water partition coefficient (Wildman–Crippen LogP) is 4.60. The third-order valence-electron chi connectivity index (χ3n) is 4.22. The Bertz CT molecular complexity index is 820. The van der Waals surface area contributed by atoms with Gasteiger partial charge in [-0.2, -0.15) is 0 Å². The van der Waals surface area contributed by atoms with E-state index in [2.05, 4.69) is 10.6 Å². The number of halogens is 2. The van der Waals surface area contributed by atoms with Crippen LogP contribution in [-0.4, -0.2) is 12.6 Å². The van der Waals surface area contributed by atoms with Gasteiger partial charge in [-0.3, -0.25) is 0 Å². The summed E-state index contributed by atoms with van der Waals surface area (Å²) in [4.78, 5) is 12.4. The molecule has 0 aliphatic heterocycles. The van der Waals surface area contributed by atoms with Gasteiger partial charge in [0, 0.05) is 6.54 Å². The first kappa shape index (κ1) is 18.6. The number of nitrogens with one attached hydrogen (secondary N) is 2. The largest absolute Gasteiger partial charge is 0.338 e. The second-order valence-electron chi connectivity index (χ2n) is 6.17. The molecular formula is C22H20F2N2O. The highest BCUT2D eigenvalue weighted by molar-refractivity contribution is 5.75. The first-order valence-corrected chi connectivity index (χ1v) is 8.71. The maximum atomic E-state index is 13.2. The highest BCUT2D eigenvalue weighted by Crippen LogP contribution is 2.22. The lowest BCUT2D eigenvalue weighted by atomic mass is 9.99. The summed E-state index contributed by atoms with van der Waals surface area (Å²) in [5.41, 5.74) is 2.55. The maximum Gasteiger partial charge on any atom is 0.315 e. The molecule has 3 aromatic rings. The molecule has 0 spiro atoms. The van der Waals surface area contributed by atoms with Crippen molar-refractivity contribution < 1.29 is 13.6 Å². The van der Waals surface area contributed by atoms with Gasteiger partial charge in [-0.1, -0.05) is 54.6 Å². The standard InChI is InChI=1S/C22H20F2N2O/c23-19-10-6-17(7-11-19)21(18-8-12-20(24)13-9-18)26-22(27)25-15-14-16-4-2-1-3-5-16/h1-13,21H,14-15H2,(H2,25,26,27). The first-order valence-electron chi connectivity index (χ1n) is 8.71. The molecule has 5 heteroatoms. The fourth-order valence-electron chi connectivity index (χ4n) is 2.82. The van der Waals surface area contributed by atoms with E-state index < -0.39 is 6.04 Å². The van der Waals surface area contributed by atoms with E-state index in [0.717, 1.165) is 5.56 Å². The molecule has 0 saturated heterocycles. The number of benzene rings is 3. The van der Waals surface area contributed by atoms with Crippen molar-refractivity contribution in [2.45, 2.75) is 12.5 Å². The van der Waals surface area contributed by atoms with Crippen molar-refractivity contribution in [1.82, 2.24) is 10.6 Å². The summed E-state index contributed by atoms with van der Waals surface area (Å²) in [5.74, 6) is -0.715. The number of carbonyl (C=O) groups is 1. The zero-order valence-corrected chi connectivity index (χ0v) is 14.7. The molecule has 0 radical (unpaired) electrons. The summed E-state index contributed by atoms with van der Waals surface area (Å²) in [6.45, 7) is 0.482. The zero-order chi connectivity index (χ0) is 19.1. The predicted molar refractivity (Wildman–Crippen MR) is 101 cm³/mol. The van der Waals surface area contributed by atoms with Crippen molar-refractivity contribution in [1.29, 1.82) is 0 Å². The number of carbonyl (C=O) groups excluding carboxylic acids is 1. The Kier molecular flexibility index (Phi) is 6.15. The summed E-state index contributed by atoms with van der Waals surface area (Å²) < 4.78 is 26.5. The van der Waals surface area contributed by atoms with Crippen molar-refractivity contribution in [3.63, 3.8) is 0 Å². The monoisotopic (exact) mass is 366 g/mol. The molecule has 0 unspecified atom stereocenters. The third-order valence-corrected chi connectivity index (χ3v) is 4.22. The first-order chi connectivity index (χ1) is 13.1. The number of hydrogen-bond donors (Lipinski definition) is 2. The van der Waals surface area contributed by atoms with Gasteiger partial charge >= 0.3 is 6.03 Å². The van der Waals surface area contributed by atoms with Crippen LogP contribution in [0.15, 0.2) is 78.9 Å². The molecule has 0 atom stereocenters. The molecule has 27 heavy (non-hydrogen) atoms. The average Bonchev–Trinajstić information content (AvgIpc) is 2.69. The molecular weight excluding hydrogens is 346 g/mol. The van der Waals surface area contributed by atoms with Crippen LogP contribution in [0.25, 0.3) is 0 Å². The van der Waals surface area contributed by atoms with Gasteiger partial charge in [-0.15, -0.1) is 0 Å². The van der Waals surface area contributed by atoms with Crippen molar-refractivity contribution >= 4 is 6.03 Å². The lowest BCUT2D eigenvalue weighted by Gasteiger charge is -2.20. The topological polar surface area (TPSA) is 41.1 Å². The quantitative estimate of drug-likeness (QED) is 0.658. The van der Waals surface area contributed by atoms with Gasteiger partial charge < -0.3 is 10.6 Å². The lowest BCUT2D eigenvalue weighted by Crippen LogP contribution is -2.39. The van der Waals surface area contributed by atoms with E-state index in [-0.39, 0.29) is 17.7 Å². The molecule has 0 fully saturated rings. The van der Waals surface area contributed by atoms with Crippen molar-refractivity contribution in [2.75, 3.05) is 6.54 Å². The molecule has 3 aromatic carbocycles. The van der Waals surface area contributed by atoms with Crippen LogP contribution in [0.4, 0.5) is 13.6 Å². The van der Waals surface area contributed by atoms with Gasteiger partial charge in [0.05, 0.1) is 6.04 Å². The second kappa shape index (κ2) is 8.94. The van der Waals surface area contributed by atoms with Gasteiger partial charge in [0.1, 0.15) is 11.6 Å². The van der Waals surface area contributed by atoms with E-state index in [9.17, 15) is 13.6 Å². The SMILES string of the molecule is O=C(NCCc1ccccc1)NC(c1ccc(F)cc1)c1ccc(F)cc1. The summed E-state index contributed by atoms with van der Waals surface area (Å²) >= 11 is 0. The Morgan fingerprint density at radius 1 is 0.778 bits per heavy atom. The van der Waals surface area contributed by atoms with Crippen LogP contribution in [0.1, 0.15) is 22.7 Å². The number of hydrogen-bond acceptors (Lipinski definition) is 1. The van der Waals surface area contributed by atoms with Crippen LogP contribution in [0.2, 0.25) is 0 Å². The molecule has 0 aliphatic rings. The van der Waals surface area contributed by atoms with E-state index in [1.54, 1.807) is 24.3 Å². The Hall–Kier alpha value is -3.21. The Morgan fingerprint density at radius 2 is 1.30 bits per heavy atom. The van der Waals surface area contributed by atoms with Crippen molar-refractivity contribution in [3.8, 4) is 0 Å². The van der Waals surface area contributed by atoms with Gasteiger partial charge in [-0.25, -0.2) is 13.6 Å².